The van der Waals surface area contributed by atoms with Gasteiger partial charge in [-0.3, -0.25) is 4.72 Å². The van der Waals surface area contributed by atoms with E-state index in [0.717, 1.165) is 27.7 Å². The van der Waals surface area contributed by atoms with Gasteiger partial charge >= 0.3 is 0 Å². The molecule has 0 spiro atoms. The summed E-state index contributed by atoms with van der Waals surface area (Å²) in [6.45, 7) is 1.83. The maximum Gasteiger partial charge on any atom is 0.261 e. The lowest BCUT2D eigenvalue weighted by atomic mass is 9.77. The zero-order valence-electron chi connectivity index (χ0n) is 17.3. The molecule has 3 aromatic rings. The summed E-state index contributed by atoms with van der Waals surface area (Å²) in [6, 6.07) is 18.9. The first kappa shape index (κ1) is 21.6. The highest BCUT2D eigenvalue weighted by atomic mass is 79.9. The Hall–Kier alpha value is -2.28. The van der Waals surface area contributed by atoms with Crippen LogP contribution in [-0.4, -0.2) is 8.42 Å². The fourth-order valence-corrected chi connectivity index (χ4v) is 6.64. The fourth-order valence-electron chi connectivity index (χ4n) is 4.72. The number of rotatable bonds is 4. The number of nitrogens with one attached hydrogen (secondary N) is 2. The number of hydrogen-bond acceptors (Lipinski definition) is 3. The molecule has 0 amide bonds. The van der Waals surface area contributed by atoms with Gasteiger partial charge in [-0.1, -0.05) is 57.9 Å². The molecule has 164 valence electrons. The average Bonchev–Trinajstić information content (AvgIpc) is 3.26. The zero-order chi connectivity index (χ0) is 22.5. The van der Waals surface area contributed by atoms with E-state index in [4.69, 9.17) is 11.6 Å². The third-order valence-electron chi connectivity index (χ3n) is 6.32. The molecular formula is C25H22BrClN2O2S. The van der Waals surface area contributed by atoms with E-state index in [1.54, 1.807) is 30.3 Å². The molecule has 0 aromatic heterocycles. The van der Waals surface area contributed by atoms with Gasteiger partial charge < -0.3 is 5.32 Å². The Balaban J connectivity index is 1.50. The molecule has 3 atom stereocenters. The highest BCUT2D eigenvalue weighted by molar-refractivity contribution is 9.10. The van der Waals surface area contributed by atoms with Crippen molar-refractivity contribution < 1.29 is 8.42 Å². The lowest BCUT2D eigenvalue weighted by Gasteiger charge is -2.38. The Kier molecular flexibility index (Phi) is 5.56. The van der Waals surface area contributed by atoms with Crippen LogP contribution in [0.2, 0.25) is 5.02 Å². The number of sulfonamides is 1. The summed E-state index contributed by atoms with van der Waals surface area (Å²) in [6.07, 6.45) is 5.36. The smallest absolute Gasteiger partial charge is 0.261 e. The number of allylic oxidation sites excluding steroid dienone is 2. The van der Waals surface area contributed by atoms with Crippen LogP contribution in [0, 0.1) is 12.8 Å². The Morgan fingerprint density at radius 1 is 1.06 bits per heavy atom. The van der Waals surface area contributed by atoms with Crippen molar-refractivity contribution in [2.24, 2.45) is 5.92 Å². The van der Waals surface area contributed by atoms with Crippen molar-refractivity contribution in [2.75, 3.05) is 10.0 Å². The van der Waals surface area contributed by atoms with E-state index >= 15 is 0 Å². The Bertz CT molecular complexity index is 1340. The molecule has 0 unspecified atom stereocenters. The quantitative estimate of drug-likeness (QED) is 0.356. The summed E-state index contributed by atoms with van der Waals surface area (Å²) in [4.78, 5) is 0.255. The molecule has 0 saturated heterocycles. The van der Waals surface area contributed by atoms with Crippen LogP contribution >= 0.6 is 27.5 Å². The van der Waals surface area contributed by atoms with Gasteiger partial charge in [0.1, 0.15) is 0 Å². The summed E-state index contributed by atoms with van der Waals surface area (Å²) in [5.41, 5.74) is 4.50. The van der Waals surface area contributed by atoms with Crippen LogP contribution in [0.1, 0.15) is 35.1 Å². The van der Waals surface area contributed by atoms with Crippen molar-refractivity contribution in [3.05, 3.63) is 99.0 Å². The Morgan fingerprint density at radius 2 is 1.88 bits per heavy atom. The highest BCUT2D eigenvalue weighted by Crippen LogP contribution is 2.51. The summed E-state index contributed by atoms with van der Waals surface area (Å²) in [7, 11) is -3.74. The van der Waals surface area contributed by atoms with E-state index in [9.17, 15) is 8.42 Å². The first-order valence-corrected chi connectivity index (χ1v) is 13.1. The first-order chi connectivity index (χ1) is 15.3. The van der Waals surface area contributed by atoms with Crippen LogP contribution in [0.5, 0.6) is 0 Å². The highest BCUT2D eigenvalue weighted by Gasteiger charge is 2.39. The van der Waals surface area contributed by atoms with Gasteiger partial charge in [-0.25, -0.2) is 8.42 Å². The second kappa shape index (κ2) is 8.25. The minimum absolute atomic E-state index is 0.148. The monoisotopic (exact) mass is 528 g/mol. The molecule has 2 aliphatic rings. The van der Waals surface area contributed by atoms with Gasteiger partial charge in [0.25, 0.3) is 10.0 Å². The van der Waals surface area contributed by atoms with E-state index < -0.39 is 10.0 Å². The third-order valence-corrected chi connectivity index (χ3v) is 8.64. The van der Waals surface area contributed by atoms with Gasteiger partial charge in [-0.15, -0.1) is 0 Å². The first-order valence-electron chi connectivity index (χ1n) is 10.4. The van der Waals surface area contributed by atoms with Crippen molar-refractivity contribution in [1.29, 1.82) is 0 Å². The minimum Gasteiger partial charge on any atom is -0.378 e. The predicted octanol–water partition coefficient (Wildman–Crippen LogP) is 7.04. The van der Waals surface area contributed by atoms with Crippen molar-refractivity contribution in [3.8, 4) is 0 Å². The van der Waals surface area contributed by atoms with E-state index in [1.807, 2.05) is 19.1 Å². The van der Waals surface area contributed by atoms with Crippen molar-refractivity contribution in [3.63, 3.8) is 0 Å². The molecule has 0 bridgehead atoms. The van der Waals surface area contributed by atoms with Crippen LogP contribution in [0.4, 0.5) is 11.4 Å². The van der Waals surface area contributed by atoms with E-state index in [0.29, 0.717) is 16.6 Å². The summed E-state index contributed by atoms with van der Waals surface area (Å²) < 4.78 is 30.1. The molecule has 0 saturated carbocycles. The topological polar surface area (TPSA) is 58.2 Å². The van der Waals surface area contributed by atoms with Crippen molar-refractivity contribution in [1.82, 2.24) is 0 Å². The maximum absolute atomic E-state index is 13.2. The van der Waals surface area contributed by atoms with Crippen LogP contribution in [0.15, 0.2) is 82.2 Å². The molecular weight excluding hydrogens is 508 g/mol. The molecule has 1 aliphatic carbocycles. The Morgan fingerprint density at radius 3 is 2.66 bits per heavy atom. The molecule has 3 aromatic carbocycles. The largest absolute Gasteiger partial charge is 0.378 e. The summed E-state index contributed by atoms with van der Waals surface area (Å²) in [5.74, 6) is 0.487. The Labute approximate surface area is 201 Å². The van der Waals surface area contributed by atoms with Crippen LogP contribution in [-0.2, 0) is 10.0 Å². The van der Waals surface area contributed by atoms with E-state index in [1.165, 1.54) is 5.56 Å². The number of aryl methyl sites for hydroxylation is 1. The zero-order valence-corrected chi connectivity index (χ0v) is 20.5. The number of anilines is 2. The average molecular weight is 530 g/mol. The van der Waals surface area contributed by atoms with Gasteiger partial charge in [-0.2, -0.15) is 0 Å². The molecule has 7 heteroatoms. The predicted molar refractivity (Wildman–Crippen MR) is 134 cm³/mol. The summed E-state index contributed by atoms with van der Waals surface area (Å²) in [5, 5.41) is 4.24. The van der Waals surface area contributed by atoms with Crippen LogP contribution in [0.25, 0.3) is 0 Å². The standard InChI is InChI=1S/C25H22BrClN2O2S/c1-15-13-16(27)9-11-23(15)29-32(30,31)17-10-12-24-21(14-17)18-6-4-7-19(18)25(28-24)20-5-2-3-8-22(20)26/h2-6,8-14,18-19,25,28-29H,7H2,1H3/t18-,19+,25-/m0/s1. The lowest BCUT2D eigenvalue weighted by molar-refractivity contribution is 0.424. The molecule has 32 heavy (non-hydrogen) atoms. The van der Waals surface area contributed by atoms with Crippen molar-refractivity contribution in [2.45, 2.75) is 30.2 Å². The maximum atomic E-state index is 13.2. The molecule has 1 aliphatic heterocycles. The van der Waals surface area contributed by atoms with E-state index in [2.05, 4.69) is 56.3 Å². The van der Waals surface area contributed by atoms with Gasteiger partial charge in [-0.05, 0) is 78.4 Å². The van der Waals surface area contributed by atoms with Crippen LogP contribution < -0.4 is 10.0 Å². The van der Waals surface area contributed by atoms with Gasteiger partial charge in [0.15, 0.2) is 0 Å². The second-order valence-corrected chi connectivity index (χ2v) is 11.3. The van der Waals surface area contributed by atoms with Crippen LogP contribution in [0.3, 0.4) is 0 Å². The number of benzene rings is 3. The lowest BCUT2D eigenvalue weighted by Crippen LogP contribution is -2.29. The normalized spacial score (nSPS) is 21.5. The van der Waals surface area contributed by atoms with Crippen molar-refractivity contribution >= 4 is 48.9 Å². The molecule has 1 heterocycles. The molecule has 0 fully saturated rings. The van der Waals surface area contributed by atoms with Gasteiger partial charge in [0.2, 0.25) is 0 Å². The third kappa shape index (κ3) is 3.85. The second-order valence-electron chi connectivity index (χ2n) is 8.31. The van der Waals surface area contributed by atoms with E-state index in [-0.39, 0.29) is 16.9 Å². The number of fused-ring (bicyclic) bond motifs is 3. The molecule has 5 rings (SSSR count). The summed E-state index contributed by atoms with van der Waals surface area (Å²) >= 11 is 9.70. The number of halogens is 2. The van der Waals surface area contributed by atoms with Gasteiger partial charge in [0.05, 0.1) is 16.6 Å². The molecule has 0 radical (unpaired) electrons. The molecule has 4 nitrogen and oxygen atoms in total. The minimum atomic E-state index is -3.74. The van der Waals surface area contributed by atoms with Gasteiger partial charge in [0, 0.05) is 21.1 Å². The fraction of sp³-hybridized carbons (Fsp3) is 0.200. The number of hydrogen-bond donors (Lipinski definition) is 2. The SMILES string of the molecule is Cc1cc(Cl)ccc1NS(=O)(=O)c1ccc2c(c1)[C@H]1C=CC[C@H]1[C@@H](c1ccccc1Br)N2. The molecule has 2 N–H and O–H groups in total.